The van der Waals surface area contributed by atoms with Crippen molar-refractivity contribution in [3.8, 4) is 0 Å². The van der Waals surface area contributed by atoms with Crippen LogP contribution in [0.15, 0.2) is 42.5 Å². The molecule has 15 heteroatoms. The molecule has 0 spiro atoms. The first-order chi connectivity index (χ1) is 26.2. The zero-order valence-electron chi connectivity index (χ0n) is 31.7. The minimum atomic E-state index is -4.64. The van der Waals surface area contributed by atoms with Crippen LogP contribution in [0.25, 0.3) is 10.9 Å². The predicted molar refractivity (Wildman–Crippen MR) is 197 cm³/mol. The Balaban J connectivity index is 1.44. The predicted octanol–water partition coefficient (Wildman–Crippen LogP) is 5.88. The molecule has 5 N–H and O–H groups in total. The molecule has 2 aliphatic rings. The highest BCUT2D eigenvalue weighted by Crippen LogP contribution is 2.40. The topological polar surface area (TPSA) is 151 Å². The van der Waals surface area contributed by atoms with Crippen LogP contribution in [-0.4, -0.2) is 72.3 Å². The van der Waals surface area contributed by atoms with Crippen LogP contribution < -0.4 is 21.3 Å². The summed E-state index contributed by atoms with van der Waals surface area (Å²) in [5.74, 6) is -2.97. The Kier molecular flexibility index (Phi) is 13.5. The van der Waals surface area contributed by atoms with Crippen LogP contribution >= 0.6 is 0 Å². The average molecular weight is 774 g/mol. The molecular formula is C40H51F4N5O6. The van der Waals surface area contributed by atoms with Gasteiger partial charge in [0.05, 0.1) is 30.7 Å². The fourth-order valence-corrected chi connectivity index (χ4v) is 7.29. The van der Waals surface area contributed by atoms with Crippen LogP contribution in [0.4, 0.5) is 22.4 Å². The molecule has 11 nitrogen and oxygen atoms in total. The minimum absolute atomic E-state index is 0.0156. The fraction of sp³-hybridized carbons (Fsp3) is 0.550. The molecule has 3 aromatic rings. The maximum absolute atomic E-state index is 14.7. The van der Waals surface area contributed by atoms with E-state index in [9.17, 15) is 36.7 Å². The number of nitrogens with one attached hydrogen (secondary N) is 5. The van der Waals surface area contributed by atoms with Crippen molar-refractivity contribution < 1.29 is 46.2 Å². The highest BCUT2D eigenvalue weighted by molar-refractivity contribution is 5.97. The summed E-state index contributed by atoms with van der Waals surface area (Å²) in [6.45, 7) is 8.43. The van der Waals surface area contributed by atoms with E-state index >= 15 is 0 Å². The monoisotopic (exact) mass is 773 g/mol. The second-order valence-corrected chi connectivity index (χ2v) is 14.8. The SMILES string of the molecule is CCC(C)C(CNC(=O)OC1CCOCC1)NC(=O)C1(NC(=O)C(NC(=O)Cc2ccccc2F)C(C)CC)CCc2[nH]c3c(C(F)(F)F)cccc3c2C1. The van der Waals surface area contributed by atoms with E-state index in [0.717, 1.165) is 6.07 Å². The third-order valence-electron chi connectivity index (χ3n) is 11.1. The van der Waals surface area contributed by atoms with E-state index in [-0.39, 0.29) is 60.7 Å². The summed E-state index contributed by atoms with van der Waals surface area (Å²) in [6, 6.07) is 7.94. The number of ether oxygens (including phenoxy) is 2. The van der Waals surface area contributed by atoms with Crippen molar-refractivity contribution in [2.24, 2.45) is 11.8 Å². The van der Waals surface area contributed by atoms with E-state index in [1.165, 1.54) is 24.3 Å². The van der Waals surface area contributed by atoms with Gasteiger partial charge in [-0.05, 0) is 47.9 Å². The molecule has 1 aliphatic heterocycles. The van der Waals surface area contributed by atoms with E-state index < -0.39 is 64.9 Å². The van der Waals surface area contributed by atoms with Crippen LogP contribution in [-0.2, 0) is 49.3 Å². The van der Waals surface area contributed by atoms with Crippen LogP contribution in [0, 0.1) is 17.7 Å². The number of hydrogen-bond acceptors (Lipinski definition) is 6. The number of aromatic nitrogens is 1. The number of carbonyl (C=O) groups is 4. The molecule has 5 rings (SSSR count). The molecule has 1 saturated heterocycles. The Labute approximate surface area is 318 Å². The Hall–Kier alpha value is -4.66. The molecule has 55 heavy (non-hydrogen) atoms. The number of halogens is 4. The van der Waals surface area contributed by atoms with Gasteiger partial charge < -0.3 is 35.7 Å². The van der Waals surface area contributed by atoms with Gasteiger partial charge in [-0.2, -0.15) is 13.2 Å². The lowest BCUT2D eigenvalue weighted by Crippen LogP contribution is -2.66. The Morgan fingerprint density at radius 1 is 0.982 bits per heavy atom. The van der Waals surface area contributed by atoms with Gasteiger partial charge in [-0.1, -0.05) is 70.9 Å². The molecule has 0 bridgehead atoms. The number of alkyl carbamates (subject to hydrolysis) is 1. The number of fused-ring (bicyclic) bond motifs is 3. The molecule has 1 aromatic heterocycles. The molecule has 2 aromatic carbocycles. The summed E-state index contributed by atoms with van der Waals surface area (Å²) in [5, 5.41) is 11.8. The maximum atomic E-state index is 14.7. The second-order valence-electron chi connectivity index (χ2n) is 14.8. The quantitative estimate of drug-likeness (QED) is 0.129. The average Bonchev–Trinajstić information content (AvgIpc) is 3.53. The van der Waals surface area contributed by atoms with E-state index in [0.29, 0.717) is 50.2 Å². The molecule has 1 fully saturated rings. The van der Waals surface area contributed by atoms with Crippen LogP contribution in [0.3, 0.4) is 0 Å². The second kappa shape index (κ2) is 17.9. The summed E-state index contributed by atoms with van der Waals surface area (Å²) < 4.78 is 67.5. The van der Waals surface area contributed by atoms with Gasteiger partial charge in [0.25, 0.3) is 0 Å². The van der Waals surface area contributed by atoms with E-state index in [1.807, 2.05) is 20.8 Å². The zero-order valence-corrected chi connectivity index (χ0v) is 31.7. The lowest BCUT2D eigenvalue weighted by atomic mass is 9.78. The molecule has 4 amide bonds. The number of carbonyl (C=O) groups excluding carboxylic acids is 4. The maximum Gasteiger partial charge on any atom is 0.418 e. The van der Waals surface area contributed by atoms with E-state index in [4.69, 9.17) is 9.47 Å². The minimum Gasteiger partial charge on any atom is -0.446 e. The lowest BCUT2D eigenvalue weighted by Gasteiger charge is -2.40. The van der Waals surface area contributed by atoms with Crippen LogP contribution in [0.1, 0.15) is 82.2 Å². The molecule has 300 valence electrons. The van der Waals surface area contributed by atoms with Gasteiger partial charge in [0, 0.05) is 42.9 Å². The highest BCUT2D eigenvalue weighted by Gasteiger charge is 2.47. The largest absolute Gasteiger partial charge is 0.446 e. The summed E-state index contributed by atoms with van der Waals surface area (Å²) >= 11 is 0. The van der Waals surface area contributed by atoms with Gasteiger partial charge in [0.15, 0.2) is 0 Å². The zero-order chi connectivity index (χ0) is 39.9. The Morgan fingerprint density at radius 2 is 1.69 bits per heavy atom. The van der Waals surface area contributed by atoms with E-state index in [1.54, 1.807) is 19.1 Å². The molecule has 5 unspecified atom stereocenters. The summed E-state index contributed by atoms with van der Waals surface area (Å²) in [7, 11) is 0. The van der Waals surface area contributed by atoms with Gasteiger partial charge in [-0.15, -0.1) is 0 Å². The summed E-state index contributed by atoms with van der Waals surface area (Å²) in [4.78, 5) is 58.0. The molecule has 0 radical (unpaired) electrons. The van der Waals surface area contributed by atoms with Crippen molar-refractivity contribution in [3.05, 3.63) is 70.7 Å². The molecule has 5 atom stereocenters. The number of benzene rings is 2. The first kappa shape index (κ1) is 41.5. The fourth-order valence-electron chi connectivity index (χ4n) is 7.29. The number of hydrogen-bond donors (Lipinski definition) is 5. The third-order valence-corrected chi connectivity index (χ3v) is 11.1. The summed E-state index contributed by atoms with van der Waals surface area (Å²) in [6.07, 6.45) is -3.65. The number of H-pyrrole nitrogens is 1. The molecule has 1 aliphatic carbocycles. The Bertz CT molecular complexity index is 1840. The molecular weight excluding hydrogens is 722 g/mol. The number of amides is 4. The third kappa shape index (κ3) is 9.96. The van der Waals surface area contributed by atoms with Crippen molar-refractivity contribution in [3.63, 3.8) is 0 Å². The standard InChI is InChI=1S/C40H51F4N5O6/c1-5-23(3)32(22-45-38(53)55-26-15-18-54-19-16-26)47-37(52)39(17-14-31-28(21-39)27-11-9-12-29(35(27)46-31)40(42,43)44)49-36(51)34(24(4)6-2)48-33(50)20-25-10-7-8-13-30(25)41/h7-13,23-24,26,32,34,46H,5-6,14-22H2,1-4H3,(H,45,53)(H,47,52)(H,48,50)(H,49,51). The van der Waals surface area contributed by atoms with Crippen molar-refractivity contribution in [2.45, 2.75) is 109 Å². The van der Waals surface area contributed by atoms with Gasteiger partial charge in [-0.25, -0.2) is 9.18 Å². The van der Waals surface area contributed by atoms with Crippen LogP contribution in [0.5, 0.6) is 0 Å². The Morgan fingerprint density at radius 3 is 2.36 bits per heavy atom. The number of aryl methyl sites for hydroxylation is 1. The summed E-state index contributed by atoms with van der Waals surface area (Å²) in [5.41, 5.74) is -1.47. The number of aromatic amines is 1. The van der Waals surface area contributed by atoms with E-state index in [2.05, 4.69) is 26.3 Å². The van der Waals surface area contributed by atoms with Crippen molar-refractivity contribution >= 4 is 34.7 Å². The smallest absolute Gasteiger partial charge is 0.418 e. The number of alkyl halides is 3. The van der Waals surface area contributed by atoms with Crippen molar-refractivity contribution in [1.82, 2.24) is 26.3 Å². The van der Waals surface area contributed by atoms with Crippen molar-refractivity contribution in [2.75, 3.05) is 19.8 Å². The molecule has 2 heterocycles. The van der Waals surface area contributed by atoms with Gasteiger partial charge in [0.1, 0.15) is 23.5 Å². The first-order valence-corrected chi connectivity index (χ1v) is 19.0. The number of rotatable bonds is 14. The lowest BCUT2D eigenvalue weighted by molar-refractivity contribution is -0.137. The van der Waals surface area contributed by atoms with Gasteiger partial charge >= 0.3 is 12.3 Å². The molecule has 0 saturated carbocycles. The van der Waals surface area contributed by atoms with Gasteiger partial charge in [-0.3, -0.25) is 14.4 Å². The van der Waals surface area contributed by atoms with Crippen molar-refractivity contribution in [1.29, 1.82) is 0 Å². The first-order valence-electron chi connectivity index (χ1n) is 19.0. The highest BCUT2D eigenvalue weighted by atomic mass is 19.4. The van der Waals surface area contributed by atoms with Crippen LogP contribution in [0.2, 0.25) is 0 Å². The normalized spacial score (nSPS) is 19.7. The number of para-hydroxylation sites is 1. The van der Waals surface area contributed by atoms with Gasteiger partial charge in [0.2, 0.25) is 17.7 Å².